The molecule has 0 unspecified atom stereocenters. The van der Waals surface area contributed by atoms with E-state index in [1.807, 2.05) is 75.4 Å². The van der Waals surface area contributed by atoms with E-state index < -0.39 is 5.97 Å². The van der Waals surface area contributed by atoms with E-state index in [1.54, 1.807) is 6.07 Å². The zero-order chi connectivity index (χ0) is 20.1. The molecule has 5 nitrogen and oxygen atoms in total. The first-order chi connectivity index (χ1) is 13.5. The zero-order valence-electron chi connectivity index (χ0n) is 16.3. The number of fused-ring (bicyclic) bond motifs is 1. The third-order valence-corrected chi connectivity index (χ3v) is 4.73. The highest BCUT2D eigenvalue weighted by atomic mass is 16.5. The van der Waals surface area contributed by atoms with Crippen LogP contribution in [0, 0.1) is 5.92 Å². The number of aromatic nitrogens is 1. The molecule has 0 aliphatic rings. The van der Waals surface area contributed by atoms with Gasteiger partial charge in [-0.05, 0) is 25.0 Å². The van der Waals surface area contributed by atoms with E-state index >= 15 is 0 Å². The Bertz CT molecular complexity index is 984. The predicted molar refractivity (Wildman–Crippen MR) is 110 cm³/mol. The average Bonchev–Trinajstić information content (AvgIpc) is 2.71. The summed E-state index contributed by atoms with van der Waals surface area (Å²) < 4.78 is 5.29. The van der Waals surface area contributed by atoms with Gasteiger partial charge in [0.25, 0.3) is 5.91 Å². The van der Waals surface area contributed by atoms with Crippen LogP contribution in [0.25, 0.3) is 22.2 Å². The zero-order valence-corrected chi connectivity index (χ0v) is 16.3. The molecule has 0 radical (unpaired) electrons. The number of pyridine rings is 1. The van der Waals surface area contributed by atoms with Crippen LogP contribution in [0.15, 0.2) is 60.7 Å². The first kappa shape index (κ1) is 19.5. The van der Waals surface area contributed by atoms with Crippen LogP contribution in [-0.4, -0.2) is 29.5 Å². The van der Waals surface area contributed by atoms with Crippen molar-refractivity contribution < 1.29 is 14.3 Å². The fourth-order valence-corrected chi connectivity index (χ4v) is 2.77. The number of benzene rings is 2. The molecular weight excluding hydrogens is 352 g/mol. The molecule has 1 N–H and O–H groups in total. The lowest BCUT2D eigenvalue weighted by atomic mass is 10.0. The highest BCUT2D eigenvalue weighted by Gasteiger charge is 2.17. The van der Waals surface area contributed by atoms with E-state index in [9.17, 15) is 9.59 Å². The number of esters is 1. The lowest BCUT2D eigenvalue weighted by Crippen LogP contribution is -2.38. The maximum Gasteiger partial charge on any atom is 0.339 e. The third-order valence-electron chi connectivity index (χ3n) is 4.73. The molecule has 0 aliphatic heterocycles. The first-order valence-electron chi connectivity index (χ1n) is 9.37. The van der Waals surface area contributed by atoms with E-state index in [2.05, 4.69) is 10.3 Å². The Labute approximate surface area is 164 Å². The molecule has 3 rings (SSSR count). The van der Waals surface area contributed by atoms with Crippen molar-refractivity contribution in [3.63, 3.8) is 0 Å². The minimum atomic E-state index is -0.539. The van der Waals surface area contributed by atoms with Crippen molar-refractivity contribution in [2.24, 2.45) is 5.92 Å². The Balaban J connectivity index is 1.85. The number of ether oxygens (including phenoxy) is 1. The molecule has 0 saturated heterocycles. The number of hydrogen-bond acceptors (Lipinski definition) is 4. The Morgan fingerprint density at radius 3 is 2.39 bits per heavy atom. The number of rotatable bonds is 6. The second-order valence-corrected chi connectivity index (χ2v) is 7.11. The maximum absolute atomic E-state index is 12.7. The minimum absolute atomic E-state index is 0.0117. The van der Waals surface area contributed by atoms with E-state index in [0.29, 0.717) is 28.1 Å². The number of amides is 1. The molecule has 0 bridgehead atoms. The van der Waals surface area contributed by atoms with Crippen LogP contribution in [0.4, 0.5) is 0 Å². The van der Waals surface area contributed by atoms with E-state index in [1.165, 1.54) is 0 Å². The minimum Gasteiger partial charge on any atom is -0.452 e. The van der Waals surface area contributed by atoms with E-state index in [-0.39, 0.29) is 18.6 Å². The molecule has 28 heavy (non-hydrogen) atoms. The van der Waals surface area contributed by atoms with Crippen molar-refractivity contribution in [3.05, 3.63) is 66.2 Å². The van der Waals surface area contributed by atoms with Crippen LogP contribution in [0.5, 0.6) is 0 Å². The number of nitrogens with one attached hydrogen (secondary N) is 1. The molecule has 1 atom stereocenters. The molecule has 0 fully saturated rings. The fourth-order valence-electron chi connectivity index (χ4n) is 2.77. The van der Waals surface area contributed by atoms with Gasteiger partial charge in [0.2, 0.25) is 0 Å². The normalized spacial score (nSPS) is 12.0. The topological polar surface area (TPSA) is 68.3 Å². The first-order valence-corrected chi connectivity index (χ1v) is 9.37. The summed E-state index contributed by atoms with van der Waals surface area (Å²) >= 11 is 0. The quantitative estimate of drug-likeness (QED) is 0.654. The maximum atomic E-state index is 12.7. The van der Waals surface area contributed by atoms with Crippen molar-refractivity contribution in [2.45, 2.75) is 26.8 Å². The van der Waals surface area contributed by atoms with Gasteiger partial charge in [-0.25, -0.2) is 9.78 Å². The number of nitrogens with zero attached hydrogens (tertiary/aromatic N) is 1. The highest BCUT2D eigenvalue weighted by molar-refractivity contribution is 6.05. The number of carbonyl (C=O) groups is 2. The second-order valence-electron chi connectivity index (χ2n) is 7.11. The predicted octanol–water partition coefficient (Wildman–Crippen LogP) is 4.22. The van der Waals surface area contributed by atoms with Gasteiger partial charge in [-0.15, -0.1) is 0 Å². The molecule has 5 heteroatoms. The highest BCUT2D eigenvalue weighted by Crippen LogP contribution is 2.25. The van der Waals surface area contributed by atoms with Crippen molar-refractivity contribution in [2.75, 3.05) is 6.61 Å². The van der Waals surface area contributed by atoms with Crippen molar-refractivity contribution in [1.82, 2.24) is 10.3 Å². The molecule has 144 valence electrons. The number of hydrogen-bond donors (Lipinski definition) is 1. The summed E-state index contributed by atoms with van der Waals surface area (Å²) in [6.45, 7) is 5.65. The molecule has 3 aromatic rings. The van der Waals surface area contributed by atoms with Crippen molar-refractivity contribution >= 4 is 22.8 Å². The molecule has 1 aromatic heterocycles. The largest absolute Gasteiger partial charge is 0.452 e. The van der Waals surface area contributed by atoms with Gasteiger partial charge in [0.1, 0.15) is 0 Å². The standard InChI is InChI=1S/C23H24N2O3/c1-15(2)16(3)24-22(26)14-28-23(27)19-13-21(17-9-5-4-6-10-17)25-20-12-8-7-11-18(19)20/h4-13,15-16H,14H2,1-3H3,(H,24,26)/t16-/m1/s1. The smallest absolute Gasteiger partial charge is 0.339 e. The van der Waals surface area contributed by atoms with Crippen LogP contribution < -0.4 is 5.32 Å². The van der Waals surface area contributed by atoms with Crippen molar-refractivity contribution in [1.29, 1.82) is 0 Å². The summed E-state index contributed by atoms with van der Waals surface area (Å²) in [5, 5.41) is 3.53. The van der Waals surface area contributed by atoms with Gasteiger partial charge in [0.05, 0.1) is 16.8 Å². The second kappa shape index (κ2) is 8.65. The average molecular weight is 376 g/mol. The van der Waals surface area contributed by atoms with Crippen molar-refractivity contribution in [3.8, 4) is 11.3 Å². The molecule has 1 heterocycles. The van der Waals surface area contributed by atoms with Crippen LogP contribution in [0.2, 0.25) is 0 Å². The Hall–Kier alpha value is -3.21. The summed E-state index contributed by atoms with van der Waals surface area (Å²) in [6.07, 6.45) is 0. The molecule has 2 aromatic carbocycles. The Kier molecular flexibility index (Phi) is 6.04. The third kappa shape index (κ3) is 4.55. The lowest BCUT2D eigenvalue weighted by Gasteiger charge is -2.17. The number of carbonyl (C=O) groups excluding carboxylic acids is 2. The molecule has 0 spiro atoms. The van der Waals surface area contributed by atoms with E-state index in [4.69, 9.17) is 4.74 Å². The van der Waals surface area contributed by atoms with Gasteiger partial charge < -0.3 is 10.1 Å². The van der Waals surface area contributed by atoms with Gasteiger partial charge in [-0.2, -0.15) is 0 Å². The summed E-state index contributed by atoms with van der Waals surface area (Å²) in [6, 6.07) is 18.8. The molecule has 1 amide bonds. The molecular formula is C23H24N2O3. The van der Waals surface area contributed by atoms with Crippen LogP contribution >= 0.6 is 0 Å². The SMILES string of the molecule is CC(C)[C@@H](C)NC(=O)COC(=O)c1cc(-c2ccccc2)nc2ccccc12. The summed E-state index contributed by atoms with van der Waals surface area (Å²) in [4.78, 5) is 29.4. The van der Waals surface area contributed by atoms with Gasteiger partial charge in [-0.1, -0.05) is 62.4 Å². The van der Waals surface area contributed by atoms with Crippen LogP contribution in [0.1, 0.15) is 31.1 Å². The van der Waals surface area contributed by atoms with Crippen LogP contribution in [-0.2, 0) is 9.53 Å². The van der Waals surface area contributed by atoms with Gasteiger partial charge in [-0.3, -0.25) is 4.79 Å². The molecule has 0 aliphatic carbocycles. The monoisotopic (exact) mass is 376 g/mol. The van der Waals surface area contributed by atoms with Gasteiger partial charge in [0.15, 0.2) is 6.61 Å². The van der Waals surface area contributed by atoms with Gasteiger partial charge in [0, 0.05) is 17.0 Å². The number of para-hydroxylation sites is 1. The summed E-state index contributed by atoms with van der Waals surface area (Å²) in [5.41, 5.74) is 2.69. The Morgan fingerprint density at radius 1 is 1.00 bits per heavy atom. The lowest BCUT2D eigenvalue weighted by molar-refractivity contribution is -0.125. The fraction of sp³-hybridized carbons (Fsp3) is 0.261. The van der Waals surface area contributed by atoms with Crippen LogP contribution in [0.3, 0.4) is 0 Å². The van der Waals surface area contributed by atoms with E-state index in [0.717, 1.165) is 5.56 Å². The molecule has 0 saturated carbocycles. The summed E-state index contributed by atoms with van der Waals surface area (Å²) in [7, 11) is 0. The Morgan fingerprint density at radius 2 is 1.68 bits per heavy atom. The summed E-state index contributed by atoms with van der Waals surface area (Å²) in [5.74, 6) is -0.545. The van der Waals surface area contributed by atoms with Gasteiger partial charge >= 0.3 is 5.97 Å².